The number of amides is 1. The molecule has 0 aromatic heterocycles. The molecule has 17 heavy (non-hydrogen) atoms. The van der Waals surface area contributed by atoms with Gasteiger partial charge in [-0.2, -0.15) is 13.2 Å². The van der Waals surface area contributed by atoms with Crippen LogP contribution in [0.15, 0.2) is 0 Å². The van der Waals surface area contributed by atoms with Crippen LogP contribution in [0.25, 0.3) is 0 Å². The fourth-order valence-corrected chi connectivity index (χ4v) is 1.15. The van der Waals surface area contributed by atoms with Gasteiger partial charge in [-0.15, -0.1) is 0 Å². The van der Waals surface area contributed by atoms with Crippen molar-refractivity contribution in [2.45, 2.75) is 31.9 Å². The summed E-state index contributed by atoms with van der Waals surface area (Å²) in [5, 5.41) is 2.48. The van der Waals surface area contributed by atoms with Gasteiger partial charge in [0.15, 0.2) is 0 Å². The number of hydrogen-bond donors (Lipinski definition) is 2. The molecule has 3 N–H and O–H groups in total. The number of alkyl halides is 3. The molecule has 0 unspecified atom stereocenters. The smallest absolute Gasteiger partial charge is 0.370 e. The molecule has 7 heteroatoms. The highest BCUT2D eigenvalue weighted by atomic mass is 19.4. The molecule has 0 atom stereocenters. The molecule has 0 radical (unpaired) electrons. The number of rotatable bonds is 9. The molecule has 0 aliphatic carbocycles. The van der Waals surface area contributed by atoms with Crippen molar-refractivity contribution in [2.24, 2.45) is 5.73 Å². The van der Waals surface area contributed by atoms with Gasteiger partial charge < -0.3 is 15.8 Å². The first-order chi connectivity index (χ1) is 7.95. The molecule has 0 saturated heterocycles. The standard InChI is InChI=1S/C10H19F3N2O2/c11-10(12,13)8-17-7-6-15-9(16)4-2-1-3-5-14/h1-8,14H2,(H,15,16). The van der Waals surface area contributed by atoms with Crippen LogP contribution in [0.5, 0.6) is 0 Å². The zero-order valence-electron chi connectivity index (χ0n) is 9.68. The van der Waals surface area contributed by atoms with Crippen LogP contribution in [0.1, 0.15) is 25.7 Å². The average Bonchev–Trinajstić information content (AvgIpc) is 2.22. The lowest BCUT2D eigenvalue weighted by molar-refractivity contribution is -0.173. The zero-order valence-corrected chi connectivity index (χ0v) is 9.68. The lowest BCUT2D eigenvalue weighted by Gasteiger charge is -2.08. The monoisotopic (exact) mass is 256 g/mol. The summed E-state index contributed by atoms with van der Waals surface area (Å²) in [4.78, 5) is 11.1. The highest BCUT2D eigenvalue weighted by Gasteiger charge is 2.27. The number of carbonyl (C=O) groups is 1. The normalized spacial score (nSPS) is 11.5. The van der Waals surface area contributed by atoms with Crippen LogP contribution < -0.4 is 11.1 Å². The first-order valence-electron chi connectivity index (χ1n) is 5.57. The predicted octanol–water partition coefficient (Wildman–Crippen LogP) is 1.20. The Labute approximate surface area is 98.7 Å². The Morgan fingerprint density at radius 2 is 1.94 bits per heavy atom. The maximum Gasteiger partial charge on any atom is 0.411 e. The van der Waals surface area contributed by atoms with Crippen LogP contribution in [0.4, 0.5) is 13.2 Å². The van der Waals surface area contributed by atoms with E-state index >= 15 is 0 Å². The molecule has 4 nitrogen and oxygen atoms in total. The molecule has 0 aliphatic rings. The summed E-state index contributed by atoms with van der Waals surface area (Å²) in [6, 6.07) is 0. The van der Waals surface area contributed by atoms with Gasteiger partial charge in [-0.25, -0.2) is 0 Å². The highest BCUT2D eigenvalue weighted by molar-refractivity contribution is 5.75. The fourth-order valence-electron chi connectivity index (χ4n) is 1.15. The summed E-state index contributed by atoms with van der Waals surface area (Å²) in [5.74, 6) is -0.169. The second kappa shape index (κ2) is 9.23. The van der Waals surface area contributed by atoms with E-state index in [0.717, 1.165) is 19.3 Å². The molecule has 0 rings (SSSR count). The first-order valence-corrected chi connectivity index (χ1v) is 5.57. The van der Waals surface area contributed by atoms with Gasteiger partial charge in [0.05, 0.1) is 6.61 Å². The van der Waals surface area contributed by atoms with Gasteiger partial charge in [0.2, 0.25) is 5.91 Å². The maximum atomic E-state index is 11.7. The highest BCUT2D eigenvalue weighted by Crippen LogP contribution is 2.13. The third-order valence-electron chi connectivity index (χ3n) is 1.94. The van der Waals surface area contributed by atoms with Gasteiger partial charge in [0.25, 0.3) is 0 Å². The number of carbonyl (C=O) groups excluding carboxylic acids is 1. The second-order valence-corrected chi connectivity index (χ2v) is 3.62. The molecule has 102 valence electrons. The summed E-state index contributed by atoms with van der Waals surface area (Å²) in [6.07, 6.45) is -1.44. The predicted molar refractivity (Wildman–Crippen MR) is 57.4 cm³/mol. The molecular weight excluding hydrogens is 237 g/mol. The summed E-state index contributed by atoms with van der Waals surface area (Å²) in [7, 11) is 0. The molecule has 0 fully saturated rings. The van der Waals surface area contributed by atoms with Crippen molar-refractivity contribution < 1.29 is 22.7 Å². The first kappa shape index (κ1) is 16.2. The third-order valence-corrected chi connectivity index (χ3v) is 1.94. The van der Waals surface area contributed by atoms with E-state index in [9.17, 15) is 18.0 Å². The van der Waals surface area contributed by atoms with Gasteiger partial charge in [0.1, 0.15) is 6.61 Å². The second-order valence-electron chi connectivity index (χ2n) is 3.62. The quantitative estimate of drug-likeness (QED) is 0.609. The minimum atomic E-state index is -4.31. The molecular formula is C10H19F3N2O2. The van der Waals surface area contributed by atoms with Crippen LogP contribution >= 0.6 is 0 Å². The Bertz CT molecular complexity index is 210. The fraction of sp³-hybridized carbons (Fsp3) is 0.900. The largest absolute Gasteiger partial charge is 0.411 e. The van der Waals surface area contributed by atoms with Gasteiger partial charge in [-0.05, 0) is 19.4 Å². The van der Waals surface area contributed by atoms with Crippen LogP contribution in [-0.4, -0.2) is 38.4 Å². The number of ether oxygens (including phenoxy) is 1. The van der Waals surface area contributed by atoms with E-state index in [4.69, 9.17) is 5.73 Å². The van der Waals surface area contributed by atoms with E-state index in [1.165, 1.54) is 0 Å². The van der Waals surface area contributed by atoms with Gasteiger partial charge in [-0.1, -0.05) is 6.42 Å². The number of hydrogen-bond acceptors (Lipinski definition) is 3. The lowest BCUT2D eigenvalue weighted by atomic mass is 10.2. The van der Waals surface area contributed by atoms with E-state index in [1.54, 1.807) is 0 Å². The Morgan fingerprint density at radius 3 is 2.53 bits per heavy atom. The van der Waals surface area contributed by atoms with Crippen molar-refractivity contribution in [3.05, 3.63) is 0 Å². The van der Waals surface area contributed by atoms with Crippen molar-refractivity contribution in [1.82, 2.24) is 5.32 Å². The van der Waals surface area contributed by atoms with Crippen LogP contribution in [0, 0.1) is 0 Å². The maximum absolute atomic E-state index is 11.7. The molecule has 0 aromatic rings. The number of halogens is 3. The number of unbranched alkanes of at least 4 members (excludes halogenated alkanes) is 2. The van der Waals surface area contributed by atoms with Crippen molar-refractivity contribution >= 4 is 5.91 Å². The molecule has 1 amide bonds. The molecule has 0 saturated carbocycles. The topological polar surface area (TPSA) is 64.4 Å². The summed E-state index contributed by atoms with van der Waals surface area (Å²) in [6.45, 7) is -0.702. The number of nitrogens with two attached hydrogens (primary N) is 1. The van der Waals surface area contributed by atoms with E-state index in [2.05, 4.69) is 10.1 Å². The number of nitrogens with one attached hydrogen (secondary N) is 1. The van der Waals surface area contributed by atoms with Crippen molar-refractivity contribution in [3.63, 3.8) is 0 Å². The Balaban J connectivity index is 3.28. The Kier molecular flexibility index (Phi) is 8.79. The minimum absolute atomic E-state index is 0.103. The SMILES string of the molecule is NCCCCCC(=O)NCCOCC(F)(F)F. The summed E-state index contributed by atoms with van der Waals surface area (Å²) in [5.41, 5.74) is 5.29. The van der Waals surface area contributed by atoms with E-state index < -0.39 is 12.8 Å². The van der Waals surface area contributed by atoms with Crippen molar-refractivity contribution in [1.29, 1.82) is 0 Å². The van der Waals surface area contributed by atoms with Gasteiger partial charge in [-0.3, -0.25) is 4.79 Å². The van der Waals surface area contributed by atoms with E-state index in [1.807, 2.05) is 0 Å². The summed E-state index contributed by atoms with van der Waals surface area (Å²) < 4.78 is 39.3. The van der Waals surface area contributed by atoms with Crippen LogP contribution in [0.3, 0.4) is 0 Å². The van der Waals surface area contributed by atoms with Crippen molar-refractivity contribution in [3.8, 4) is 0 Å². The third kappa shape index (κ3) is 13.1. The van der Waals surface area contributed by atoms with Crippen LogP contribution in [0.2, 0.25) is 0 Å². The molecule has 0 heterocycles. The van der Waals surface area contributed by atoms with Crippen molar-refractivity contribution in [2.75, 3.05) is 26.3 Å². The Hall–Kier alpha value is -0.820. The van der Waals surface area contributed by atoms with E-state index in [0.29, 0.717) is 13.0 Å². The average molecular weight is 256 g/mol. The molecule has 0 spiro atoms. The van der Waals surface area contributed by atoms with Gasteiger partial charge >= 0.3 is 6.18 Å². The lowest BCUT2D eigenvalue weighted by Crippen LogP contribution is -2.28. The summed E-state index contributed by atoms with van der Waals surface area (Å²) >= 11 is 0. The van der Waals surface area contributed by atoms with Crippen LogP contribution in [-0.2, 0) is 9.53 Å². The zero-order chi connectivity index (χ0) is 13.1. The molecule has 0 aromatic carbocycles. The minimum Gasteiger partial charge on any atom is -0.370 e. The van der Waals surface area contributed by atoms with Gasteiger partial charge in [0, 0.05) is 13.0 Å². The molecule has 0 aliphatic heterocycles. The molecule has 0 bridgehead atoms. The Morgan fingerprint density at radius 1 is 1.24 bits per heavy atom. The van der Waals surface area contributed by atoms with E-state index in [-0.39, 0.29) is 19.1 Å².